The molecule has 1 saturated carbocycles. The van der Waals surface area contributed by atoms with Gasteiger partial charge in [0.25, 0.3) is 0 Å². The van der Waals surface area contributed by atoms with Gasteiger partial charge in [0.2, 0.25) is 5.91 Å². The zero-order valence-electron chi connectivity index (χ0n) is 25.9. The summed E-state index contributed by atoms with van der Waals surface area (Å²) in [7, 11) is 0. The minimum Gasteiger partial charge on any atom is -0.367 e. The summed E-state index contributed by atoms with van der Waals surface area (Å²) in [6, 6.07) is 12.2. The van der Waals surface area contributed by atoms with Gasteiger partial charge < -0.3 is 10.2 Å². The first-order valence-corrected chi connectivity index (χ1v) is 16.2. The van der Waals surface area contributed by atoms with Gasteiger partial charge in [-0.3, -0.25) is 9.59 Å². The molecule has 5 nitrogen and oxygen atoms in total. The average Bonchev–Trinajstić information content (AvgIpc) is 3.49. The highest BCUT2D eigenvalue weighted by molar-refractivity contribution is 5.90. The number of hydroxylamine groups is 2. The Kier molecular flexibility index (Phi) is 14.5. The van der Waals surface area contributed by atoms with Crippen molar-refractivity contribution in [1.82, 2.24) is 5.06 Å². The predicted octanol–water partition coefficient (Wildman–Crippen LogP) is 10.2. The van der Waals surface area contributed by atoms with E-state index in [9.17, 15) is 22.8 Å². The van der Waals surface area contributed by atoms with Crippen molar-refractivity contribution < 1.29 is 27.6 Å². The number of nitrogens with one attached hydrogen (secondary N) is 1. The fraction of sp³-hybridized carbons (Fsp3) is 0.600. The number of hydrogen-bond acceptors (Lipinski definition) is 4. The molecule has 1 atom stereocenters. The summed E-state index contributed by atoms with van der Waals surface area (Å²) in [5.41, 5.74) is 1.56. The monoisotopic (exact) mass is 602 g/mol. The molecule has 1 N–H and O–H groups in total. The highest BCUT2D eigenvalue weighted by Crippen LogP contribution is 2.41. The molecule has 0 aromatic heterocycles. The lowest BCUT2D eigenvalue weighted by atomic mass is 9.90. The molecule has 1 aliphatic carbocycles. The molecule has 238 valence electrons. The van der Waals surface area contributed by atoms with Gasteiger partial charge in [-0.25, -0.2) is 0 Å². The number of nitrogens with zero attached hydrogens (tertiary/aromatic N) is 1. The summed E-state index contributed by atoms with van der Waals surface area (Å²) in [5, 5.41) is 4.58. The Balaban J connectivity index is 1.55. The maximum atomic E-state index is 13.2. The van der Waals surface area contributed by atoms with Crippen LogP contribution in [0, 0.1) is 5.92 Å². The molecule has 1 aliphatic rings. The van der Waals surface area contributed by atoms with E-state index in [4.69, 9.17) is 4.84 Å². The first kappa shape index (κ1) is 34.6. The molecular formula is C35H49F3N2O3. The van der Waals surface area contributed by atoms with E-state index >= 15 is 0 Å². The molecule has 1 unspecified atom stereocenters. The van der Waals surface area contributed by atoms with Crippen molar-refractivity contribution in [1.29, 1.82) is 0 Å². The molecule has 0 saturated heterocycles. The van der Waals surface area contributed by atoms with Crippen molar-refractivity contribution in [3.63, 3.8) is 0 Å². The Hall–Kier alpha value is -2.87. The normalized spacial score (nSPS) is 14.7. The van der Waals surface area contributed by atoms with Crippen LogP contribution in [-0.2, 0) is 27.1 Å². The van der Waals surface area contributed by atoms with Crippen LogP contribution >= 0.6 is 0 Å². The second kappa shape index (κ2) is 18.1. The summed E-state index contributed by atoms with van der Waals surface area (Å²) in [4.78, 5) is 30.2. The van der Waals surface area contributed by atoms with Gasteiger partial charge in [0, 0.05) is 19.0 Å². The Bertz CT molecular complexity index is 1100. The van der Waals surface area contributed by atoms with Crippen LogP contribution in [0.2, 0.25) is 0 Å². The third-order valence-corrected chi connectivity index (χ3v) is 8.32. The van der Waals surface area contributed by atoms with Gasteiger partial charge in [0.15, 0.2) is 0 Å². The van der Waals surface area contributed by atoms with Crippen LogP contribution in [0.4, 0.5) is 18.9 Å². The lowest BCUT2D eigenvalue weighted by molar-refractivity contribution is -0.210. The van der Waals surface area contributed by atoms with Crippen molar-refractivity contribution in [2.75, 3.05) is 5.32 Å². The number of amides is 1. The SMILES string of the molecule is CCCCCCCCCCCCC(=O)Nc1ccc(CN(OC(C)=O)C(c2ccc(C(F)(F)F)cc2)C2CCCC2)cc1. The zero-order valence-corrected chi connectivity index (χ0v) is 25.9. The van der Waals surface area contributed by atoms with Crippen LogP contribution in [0.25, 0.3) is 0 Å². The van der Waals surface area contributed by atoms with Gasteiger partial charge >= 0.3 is 12.1 Å². The number of alkyl halides is 3. The fourth-order valence-electron chi connectivity index (χ4n) is 6.04. The average molecular weight is 603 g/mol. The molecule has 43 heavy (non-hydrogen) atoms. The van der Waals surface area contributed by atoms with Crippen LogP contribution in [0.5, 0.6) is 0 Å². The van der Waals surface area contributed by atoms with Gasteiger partial charge in [-0.1, -0.05) is 102 Å². The van der Waals surface area contributed by atoms with Crippen LogP contribution in [-0.4, -0.2) is 16.9 Å². The molecule has 0 heterocycles. The van der Waals surface area contributed by atoms with Gasteiger partial charge in [0.1, 0.15) is 0 Å². The van der Waals surface area contributed by atoms with E-state index in [1.54, 1.807) is 5.06 Å². The summed E-state index contributed by atoms with van der Waals surface area (Å²) < 4.78 is 39.6. The lowest BCUT2D eigenvalue weighted by Crippen LogP contribution is -2.34. The second-order valence-corrected chi connectivity index (χ2v) is 11.9. The quantitative estimate of drug-likeness (QED) is 0.136. The topological polar surface area (TPSA) is 58.6 Å². The van der Waals surface area contributed by atoms with E-state index in [1.165, 1.54) is 70.4 Å². The smallest absolute Gasteiger partial charge is 0.367 e. The molecule has 1 amide bonds. The standard InChI is InChI=1S/C35H49F3N2O3/c1-3-4-5-6-7-8-9-10-11-12-17-33(42)39-32-24-18-28(19-25-32)26-40(43-27(2)41)34(29-15-13-14-16-29)30-20-22-31(23-21-30)35(36,37)38/h18-25,29,34H,3-17,26H2,1-2H3,(H,39,42). The molecule has 0 spiro atoms. The lowest BCUT2D eigenvalue weighted by Gasteiger charge is -2.34. The first-order chi connectivity index (χ1) is 20.7. The van der Waals surface area contributed by atoms with Crippen molar-refractivity contribution in [3.8, 4) is 0 Å². The number of carbonyl (C=O) groups is 2. The Labute approximate surface area is 255 Å². The van der Waals surface area contributed by atoms with Crippen LogP contribution < -0.4 is 5.32 Å². The van der Waals surface area contributed by atoms with Crippen molar-refractivity contribution >= 4 is 17.6 Å². The third kappa shape index (κ3) is 12.3. The van der Waals surface area contributed by atoms with Crippen LogP contribution in [0.15, 0.2) is 48.5 Å². The number of hydrogen-bond donors (Lipinski definition) is 1. The van der Waals surface area contributed by atoms with E-state index in [1.807, 2.05) is 24.3 Å². The molecule has 2 aromatic rings. The fourth-order valence-corrected chi connectivity index (χ4v) is 6.04. The van der Waals surface area contributed by atoms with Gasteiger partial charge in [0.05, 0.1) is 18.2 Å². The second-order valence-electron chi connectivity index (χ2n) is 11.9. The number of benzene rings is 2. The first-order valence-electron chi connectivity index (χ1n) is 16.2. The molecule has 0 bridgehead atoms. The maximum Gasteiger partial charge on any atom is 0.416 e. The minimum absolute atomic E-state index is 0.00236. The number of rotatable bonds is 18. The van der Waals surface area contributed by atoms with E-state index in [-0.39, 0.29) is 24.4 Å². The van der Waals surface area contributed by atoms with Crippen molar-refractivity contribution in [3.05, 3.63) is 65.2 Å². The van der Waals surface area contributed by atoms with Crippen LogP contribution in [0.3, 0.4) is 0 Å². The number of anilines is 1. The van der Waals surface area contributed by atoms with Crippen LogP contribution in [0.1, 0.15) is 133 Å². The summed E-state index contributed by atoms with van der Waals surface area (Å²) >= 11 is 0. The molecule has 1 fully saturated rings. The minimum atomic E-state index is -4.42. The Morgan fingerprint density at radius 3 is 1.95 bits per heavy atom. The van der Waals surface area contributed by atoms with E-state index in [2.05, 4.69) is 12.2 Å². The summed E-state index contributed by atoms with van der Waals surface area (Å²) in [6.07, 6.45) is 12.2. The highest BCUT2D eigenvalue weighted by Gasteiger charge is 2.35. The number of unbranched alkanes of at least 4 members (excludes halogenated alkanes) is 9. The maximum absolute atomic E-state index is 13.2. The molecule has 0 radical (unpaired) electrons. The largest absolute Gasteiger partial charge is 0.416 e. The van der Waals surface area contributed by atoms with Gasteiger partial charge in [-0.2, -0.15) is 13.2 Å². The highest BCUT2D eigenvalue weighted by atomic mass is 19.4. The van der Waals surface area contributed by atoms with E-state index < -0.39 is 17.7 Å². The Morgan fingerprint density at radius 2 is 1.42 bits per heavy atom. The molecule has 3 rings (SSSR count). The summed E-state index contributed by atoms with van der Waals surface area (Å²) in [5.74, 6) is -0.330. The summed E-state index contributed by atoms with van der Waals surface area (Å²) in [6.45, 7) is 3.84. The molecule has 0 aliphatic heterocycles. The number of halogens is 3. The van der Waals surface area contributed by atoms with E-state index in [0.717, 1.165) is 56.2 Å². The molecule has 2 aromatic carbocycles. The predicted molar refractivity (Wildman–Crippen MR) is 165 cm³/mol. The third-order valence-electron chi connectivity index (χ3n) is 8.32. The number of carbonyl (C=O) groups excluding carboxylic acids is 2. The van der Waals surface area contributed by atoms with Gasteiger partial charge in [-0.15, -0.1) is 5.06 Å². The van der Waals surface area contributed by atoms with Crippen molar-refractivity contribution in [2.24, 2.45) is 5.92 Å². The van der Waals surface area contributed by atoms with Gasteiger partial charge in [-0.05, 0) is 60.6 Å². The van der Waals surface area contributed by atoms with E-state index in [0.29, 0.717) is 17.7 Å². The zero-order chi connectivity index (χ0) is 31.1. The molecule has 8 heteroatoms. The Morgan fingerprint density at radius 1 is 0.860 bits per heavy atom. The van der Waals surface area contributed by atoms with Crippen molar-refractivity contribution in [2.45, 2.75) is 129 Å². The molecular weight excluding hydrogens is 553 g/mol.